The van der Waals surface area contributed by atoms with Gasteiger partial charge in [0.15, 0.2) is 0 Å². The predicted octanol–water partition coefficient (Wildman–Crippen LogP) is 5.27. The van der Waals surface area contributed by atoms with Crippen molar-refractivity contribution < 1.29 is 14.2 Å². The van der Waals surface area contributed by atoms with Gasteiger partial charge in [-0.25, -0.2) is 0 Å². The van der Waals surface area contributed by atoms with Crippen LogP contribution in [0.5, 0.6) is 17.2 Å². The lowest BCUT2D eigenvalue weighted by Gasteiger charge is -2.36. The van der Waals surface area contributed by atoms with Gasteiger partial charge in [0, 0.05) is 17.0 Å². The van der Waals surface area contributed by atoms with Crippen molar-refractivity contribution in [2.24, 2.45) is 0 Å². The molecule has 0 spiro atoms. The van der Waals surface area contributed by atoms with Gasteiger partial charge >= 0.3 is 0 Å². The molecule has 0 fully saturated rings. The average Bonchev–Trinajstić information content (AvgIpc) is 2.78. The summed E-state index contributed by atoms with van der Waals surface area (Å²) in [4.78, 5) is 0. The highest BCUT2D eigenvalue weighted by molar-refractivity contribution is 5.66. The highest BCUT2D eigenvalue weighted by Gasteiger charge is 2.37. The molecular formula is C25H24O3. The third kappa shape index (κ3) is 3.03. The van der Waals surface area contributed by atoms with Crippen LogP contribution in [0.15, 0.2) is 72.8 Å². The van der Waals surface area contributed by atoms with E-state index < -0.39 is 0 Å². The molecule has 0 heterocycles. The van der Waals surface area contributed by atoms with Crippen LogP contribution in [0.25, 0.3) is 6.08 Å². The normalized spacial score (nSPS) is 17.7. The fourth-order valence-electron chi connectivity index (χ4n) is 4.04. The molecule has 3 aromatic rings. The van der Waals surface area contributed by atoms with Crippen LogP contribution in [-0.2, 0) is 11.8 Å². The molecule has 4 rings (SSSR count). The van der Waals surface area contributed by atoms with Crippen molar-refractivity contribution >= 4 is 6.08 Å². The smallest absolute Gasteiger partial charge is 0.126 e. The van der Waals surface area contributed by atoms with E-state index in [-0.39, 0.29) is 5.41 Å². The summed E-state index contributed by atoms with van der Waals surface area (Å²) in [5, 5.41) is 0. The van der Waals surface area contributed by atoms with Gasteiger partial charge in [-0.2, -0.15) is 0 Å². The highest BCUT2D eigenvalue weighted by atomic mass is 16.5. The van der Waals surface area contributed by atoms with Gasteiger partial charge < -0.3 is 14.2 Å². The van der Waals surface area contributed by atoms with Crippen LogP contribution in [0.3, 0.4) is 0 Å². The monoisotopic (exact) mass is 372 g/mol. The van der Waals surface area contributed by atoms with Gasteiger partial charge in [-0.05, 0) is 41.3 Å². The first-order valence-corrected chi connectivity index (χ1v) is 9.34. The first-order chi connectivity index (χ1) is 13.7. The molecule has 1 aliphatic carbocycles. The second-order valence-electron chi connectivity index (χ2n) is 6.97. The largest absolute Gasteiger partial charge is 0.497 e. The number of fused-ring (bicyclic) bond motifs is 1. The minimum absolute atomic E-state index is 0.335. The molecule has 0 bridgehead atoms. The maximum absolute atomic E-state index is 5.78. The van der Waals surface area contributed by atoms with E-state index in [2.05, 4.69) is 54.6 Å². The summed E-state index contributed by atoms with van der Waals surface area (Å²) >= 11 is 0. The maximum atomic E-state index is 5.78. The number of hydrogen-bond donors (Lipinski definition) is 0. The van der Waals surface area contributed by atoms with Crippen LogP contribution < -0.4 is 14.2 Å². The van der Waals surface area contributed by atoms with Crippen molar-refractivity contribution in [2.75, 3.05) is 21.3 Å². The zero-order valence-electron chi connectivity index (χ0n) is 16.4. The minimum Gasteiger partial charge on any atom is -0.497 e. The fraction of sp³-hybridized carbons (Fsp3) is 0.200. The summed E-state index contributed by atoms with van der Waals surface area (Å²) in [6.45, 7) is 0. The quantitative estimate of drug-likeness (QED) is 0.611. The Hall–Kier alpha value is -3.20. The van der Waals surface area contributed by atoms with Crippen LogP contribution in [0.1, 0.15) is 22.3 Å². The zero-order valence-corrected chi connectivity index (χ0v) is 16.4. The SMILES string of the molecule is COc1ccc(C2(c3ccc(OC)cc3OC)C=Cc3ccccc3C2)cc1. The first-order valence-electron chi connectivity index (χ1n) is 9.34. The Bertz CT molecular complexity index is 1000. The van der Waals surface area contributed by atoms with Gasteiger partial charge in [0.05, 0.1) is 21.3 Å². The molecule has 0 N–H and O–H groups in total. The van der Waals surface area contributed by atoms with E-state index in [0.717, 1.165) is 29.2 Å². The lowest BCUT2D eigenvalue weighted by atomic mass is 9.67. The predicted molar refractivity (Wildman–Crippen MR) is 113 cm³/mol. The molecule has 0 aromatic heterocycles. The van der Waals surface area contributed by atoms with Gasteiger partial charge in [0.2, 0.25) is 0 Å². The van der Waals surface area contributed by atoms with Gasteiger partial charge in [0.25, 0.3) is 0 Å². The van der Waals surface area contributed by atoms with Gasteiger partial charge in [-0.1, -0.05) is 54.6 Å². The second-order valence-corrected chi connectivity index (χ2v) is 6.97. The maximum Gasteiger partial charge on any atom is 0.126 e. The van der Waals surface area contributed by atoms with E-state index in [0.29, 0.717) is 0 Å². The molecule has 3 heteroatoms. The number of allylic oxidation sites excluding steroid dienone is 1. The van der Waals surface area contributed by atoms with Crippen molar-refractivity contribution in [2.45, 2.75) is 11.8 Å². The molecule has 3 aromatic carbocycles. The first kappa shape index (κ1) is 18.2. The van der Waals surface area contributed by atoms with Crippen molar-refractivity contribution in [3.05, 3.63) is 95.1 Å². The van der Waals surface area contributed by atoms with E-state index in [9.17, 15) is 0 Å². The van der Waals surface area contributed by atoms with E-state index in [4.69, 9.17) is 14.2 Å². The lowest BCUT2D eigenvalue weighted by Crippen LogP contribution is -2.31. The van der Waals surface area contributed by atoms with Crippen LogP contribution in [0, 0.1) is 0 Å². The van der Waals surface area contributed by atoms with Gasteiger partial charge in [0.1, 0.15) is 17.2 Å². The summed E-state index contributed by atoms with van der Waals surface area (Å²) in [7, 11) is 5.07. The van der Waals surface area contributed by atoms with Crippen molar-refractivity contribution in [3.8, 4) is 17.2 Å². The van der Waals surface area contributed by atoms with Crippen molar-refractivity contribution in [1.82, 2.24) is 0 Å². The summed E-state index contributed by atoms with van der Waals surface area (Å²) in [6, 6.07) is 22.9. The zero-order chi connectivity index (χ0) is 19.6. The fourth-order valence-corrected chi connectivity index (χ4v) is 4.04. The Kier molecular flexibility index (Phi) is 4.82. The molecule has 0 aliphatic heterocycles. The van der Waals surface area contributed by atoms with E-state index in [1.54, 1.807) is 21.3 Å². The van der Waals surface area contributed by atoms with E-state index in [1.807, 2.05) is 24.3 Å². The summed E-state index contributed by atoms with van der Waals surface area (Å²) in [5.74, 6) is 2.45. The second kappa shape index (κ2) is 7.43. The van der Waals surface area contributed by atoms with Crippen LogP contribution >= 0.6 is 0 Å². The number of benzene rings is 3. The topological polar surface area (TPSA) is 27.7 Å². The number of methoxy groups -OCH3 is 3. The van der Waals surface area contributed by atoms with Crippen molar-refractivity contribution in [3.63, 3.8) is 0 Å². The molecule has 1 unspecified atom stereocenters. The number of rotatable bonds is 5. The summed E-state index contributed by atoms with van der Waals surface area (Å²) in [6.07, 6.45) is 5.36. The molecule has 0 radical (unpaired) electrons. The number of hydrogen-bond acceptors (Lipinski definition) is 3. The minimum atomic E-state index is -0.335. The van der Waals surface area contributed by atoms with E-state index in [1.165, 1.54) is 16.7 Å². The Morgan fingerprint density at radius 1 is 0.750 bits per heavy atom. The molecule has 0 saturated carbocycles. The van der Waals surface area contributed by atoms with Crippen LogP contribution in [0.4, 0.5) is 0 Å². The average molecular weight is 372 g/mol. The molecule has 0 saturated heterocycles. The van der Waals surface area contributed by atoms with Crippen LogP contribution in [-0.4, -0.2) is 21.3 Å². The third-order valence-electron chi connectivity index (χ3n) is 5.57. The van der Waals surface area contributed by atoms with Gasteiger partial charge in [-0.3, -0.25) is 0 Å². The van der Waals surface area contributed by atoms with E-state index >= 15 is 0 Å². The standard InChI is InChI=1S/C25H24O3/c1-26-21-10-8-20(9-11-21)25(15-14-18-6-4-5-7-19(18)17-25)23-13-12-22(27-2)16-24(23)28-3/h4-16H,17H2,1-3H3. The molecule has 1 aliphatic rings. The Balaban J connectivity index is 1.93. The molecule has 0 amide bonds. The molecule has 28 heavy (non-hydrogen) atoms. The van der Waals surface area contributed by atoms with Crippen LogP contribution in [0.2, 0.25) is 0 Å². The molecule has 1 atom stereocenters. The Morgan fingerprint density at radius 3 is 2.18 bits per heavy atom. The van der Waals surface area contributed by atoms with Crippen molar-refractivity contribution in [1.29, 1.82) is 0 Å². The summed E-state index contributed by atoms with van der Waals surface area (Å²) in [5.41, 5.74) is 4.56. The molecular weight excluding hydrogens is 348 g/mol. The Morgan fingerprint density at radius 2 is 1.46 bits per heavy atom. The van der Waals surface area contributed by atoms with Gasteiger partial charge in [-0.15, -0.1) is 0 Å². The Labute approximate surface area is 166 Å². The number of ether oxygens (including phenoxy) is 3. The molecule has 3 nitrogen and oxygen atoms in total. The third-order valence-corrected chi connectivity index (χ3v) is 5.57. The lowest BCUT2D eigenvalue weighted by molar-refractivity contribution is 0.385. The highest BCUT2D eigenvalue weighted by Crippen LogP contribution is 2.46. The summed E-state index contributed by atoms with van der Waals surface area (Å²) < 4.78 is 16.6. The molecule has 142 valence electrons.